The van der Waals surface area contributed by atoms with Crippen molar-refractivity contribution in [2.24, 2.45) is 0 Å². The van der Waals surface area contributed by atoms with Gasteiger partial charge in [-0.3, -0.25) is 0 Å². The molecule has 0 bridgehead atoms. The lowest BCUT2D eigenvalue weighted by Crippen LogP contribution is -2.44. The summed E-state index contributed by atoms with van der Waals surface area (Å²) in [5, 5.41) is 1.30. The molecule has 5 aromatic carbocycles. The van der Waals surface area contributed by atoms with E-state index >= 15 is 0 Å². The largest absolute Gasteiger partial charge is 0.413 e. The number of nitrogens with zero attached hydrogens (tertiary/aromatic N) is 2. The van der Waals surface area contributed by atoms with Crippen LogP contribution in [0.5, 0.6) is 0 Å². The summed E-state index contributed by atoms with van der Waals surface area (Å²) in [5.74, 6) is 0. The molecule has 44 heavy (non-hydrogen) atoms. The van der Waals surface area contributed by atoms with Crippen LogP contribution in [0, 0.1) is 0 Å². The molecule has 0 amide bonds. The van der Waals surface area contributed by atoms with Crippen molar-refractivity contribution >= 4 is 47.6 Å². The predicted molar refractivity (Wildman–Crippen MR) is 193 cm³/mol. The Morgan fingerprint density at radius 2 is 0.659 bits per heavy atom. The first-order valence-electron chi connectivity index (χ1n) is 16.1. The highest BCUT2D eigenvalue weighted by Gasteiger charge is 2.25. The van der Waals surface area contributed by atoms with E-state index in [1.165, 1.54) is 21.9 Å². The first-order chi connectivity index (χ1) is 21.4. The van der Waals surface area contributed by atoms with Gasteiger partial charge in [-0.1, -0.05) is 69.3 Å². The van der Waals surface area contributed by atoms with Crippen LogP contribution in [-0.4, -0.2) is 14.9 Å². The molecular weight excluding hydrogens is 553 g/mol. The van der Waals surface area contributed by atoms with Crippen molar-refractivity contribution in [3.05, 3.63) is 138 Å². The van der Waals surface area contributed by atoms with Crippen molar-refractivity contribution in [3.8, 4) is 0 Å². The Morgan fingerprint density at radius 3 is 0.909 bits per heavy atom. The molecular formula is C40H46N2OSi. The molecule has 226 valence electrons. The zero-order chi connectivity index (χ0) is 31.1. The van der Waals surface area contributed by atoms with Crippen LogP contribution < -0.4 is 15.0 Å². The van der Waals surface area contributed by atoms with E-state index in [9.17, 15) is 0 Å². The molecule has 0 saturated carbocycles. The summed E-state index contributed by atoms with van der Waals surface area (Å²) in [6.45, 7) is 14.0. The van der Waals surface area contributed by atoms with E-state index in [-0.39, 0.29) is 0 Å². The van der Waals surface area contributed by atoms with Crippen molar-refractivity contribution in [3.63, 3.8) is 0 Å². The number of benzene rings is 5. The standard InChI is InChI=1S/C40H46N2OSi/c1-7-31-11-17-34(18-12-31)41(35-19-13-32(8-2)14-20-35)37-23-25-38(26-24-37)42(36-21-15-33(9-3)16-22-36)39-27-29-40(30-28-39)44(5,6)43-10-4/h11-30H,7-10H2,1-6H3. The van der Waals surface area contributed by atoms with Gasteiger partial charge in [-0.15, -0.1) is 0 Å². The Bertz CT molecular complexity index is 1560. The van der Waals surface area contributed by atoms with E-state index in [4.69, 9.17) is 4.43 Å². The van der Waals surface area contributed by atoms with E-state index < -0.39 is 8.32 Å². The van der Waals surface area contributed by atoms with Gasteiger partial charge in [0.15, 0.2) is 0 Å². The Labute approximate surface area is 265 Å². The number of hydrogen-bond acceptors (Lipinski definition) is 3. The third kappa shape index (κ3) is 6.98. The van der Waals surface area contributed by atoms with Crippen LogP contribution in [-0.2, 0) is 23.7 Å². The first kappa shape index (κ1) is 31.3. The fraction of sp³-hybridized carbons (Fsp3) is 0.250. The van der Waals surface area contributed by atoms with E-state index in [1.807, 2.05) is 0 Å². The molecule has 0 N–H and O–H groups in total. The molecule has 0 unspecified atom stereocenters. The summed E-state index contributed by atoms with van der Waals surface area (Å²) in [6.07, 6.45) is 3.08. The summed E-state index contributed by atoms with van der Waals surface area (Å²) in [5.41, 5.74) is 10.9. The predicted octanol–water partition coefficient (Wildman–Crippen LogP) is 10.8. The normalized spacial score (nSPS) is 11.4. The van der Waals surface area contributed by atoms with E-state index in [2.05, 4.69) is 172 Å². The second-order valence-corrected chi connectivity index (χ2v) is 15.6. The van der Waals surface area contributed by atoms with Gasteiger partial charge in [-0.05, 0) is 134 Å². The summed E-state index contributed by atoms with van der Waals surface area (Å²) >= 11 is 0. The fourth-order valence-corrected chi connectivity index (χ4v) is 7.60. The zero-order valence-electron chi connectivity index (χ0n) is 27.2. The highest BCUT2D eigenvalue weighted by Crippen LogP contribution is 2.39. The molecule has 0 atom stereocenters. The van der Waals surface area contributed by atoms with Crippen LogP contribution in [0.3, 0.4) is 0 Å². The molecule has 0 radical (unpaired) electrons. The van der Waals surface area contributed by atoms with Crippen molar-refractivity contribution in [1.82, 2.24) is 0 Å². The van der Waals surface area contributed by atoms with Crippen LogP contribution in [0.2, 0.25) is 13.1 Å². The van der Waals surface area contributed by atoms with Gasteiger partial charge in [-0.25, -0.2) is 0 Å². The van der Waals surface area contributed by atoms with Gasteiger partial charge < -0.3 is 14.2 Å². The average molecular weight is 599 g/mol. The monoisotopic (exact) mass is 598 g/mol. The van der Waals surface area contributed by atoms with E-state index in [0.717, 1.165) is 60.0 Å². The molecule has 5 rings (SSSR count). The lowest BCUT2D eigenvalue weighted by atomic mass is 10.1. The maximum Gasteiger partial charge on any atom is 0.218 e. The third-order valence-electron chi connectivity index (χ3n) is 8.50. The zero-order valence-corrected chi connectivity index (χ0v) is 28.2. The van der Waals surface area contributed by atoms with Crippen molar-refractivity contribution in [2.75, 3.05) is 16.4 Å². The van der Waals surface area contributed by atoms with Crippen molar-refractivity contribution in [2.45, 2.75) is 60.1 Å². The maximum absolute atomic E-state index is 6.17. The number of aryl methyl sites for hydroxylation is 3. The smallest absolute Gasteiger partial charge is 0.218 e. The van der Waals surface area contributed by atoms with Gasteiger partial charge in [0.2, 0.25) is 8.32 Å². The maximum atomic E-state index is 6.17. The average Bonchev–Trinajstić information content (AvgIpc) is 3.07. The molecule has 0 aliphatic rings. The van der Waals surface area contributed by atoms with E-state index in [1.54, 1.807) is 0 Å². The molecule has 0 saturated heterocycles. The molecule has 0 aliphatic carbocycles. The van der Waals surface area contributed by atoms with Gasteiger partial charge in [0.25, 0.3) is 0 Å². The minimum atomic E-state index is -1.93. The Kier molecular flexibility index (Phi) is 10.0. The van der Waals surface area contributed by atoms with Crippen LogP contribution in [0.4, 0.5) is 34.1 Å². The van der Waals surface area contributed by atoms with Crippen LogP contribution in [0.25, 0.3) is 0 Å². The van der Waals surface area contributed by atoms with Gasteiger partial charge in [-0.2, -0.15) is 0 Å². The summed E-state index contributed by atoms with van der Waals surface area (Å²) < 4.78 is 6.17. The number of anilines is 6. The fourth-order valence-electron chi connectivity index (χ4n) is 5.74. The first-order valence-corrected chi connectivity index (χ1v) is 19.0. The van der Waals surface area contributed by atoms with Gasteiger partial charge >= 0.3 is 0 Å². The highest BCUT2D eigenvalue weighted by molar-refractivity contribution is 6.84. The summed E-state index contributed by atoms with van der Waals surface area (Å²) in [7, 11) is -1.93. The summed E-state index contributed by atoms with van der Waals surface area (Å²) in [4.78, 5) is 4.69. The topological polar surface area (TPSA) is 15.7 Å². The lowest BCUT2D eigenvalue weighted by Gasteiger charge is -2.29. The van der Waals surface area contributed by atoms with Crippen LogP contribution in [0.1, 0.15) is 44.4 Å². The van der Waals surface area contributed by atoms with Gasteiger partial charge in [0.1, 0.15) is 0 Å². The SMILES string of the molecule is CCO[Si](C)(C)c1ccc(N(c2ccc(CC)cc2)c2ccc(N(c3ccc(CC)cc3)c3ccc(CC)cc3)cc2)cc1. The van der Waals surface area contributed by atoms with Crippen molar-refractivity contribution < 1.29 is 4.43 Å². The molecule has 3 nitrogen and oxygen atoms in total. The minimum Gasteiger partial charge on any atom is -0.413 e. The molecule has 5 aromatic rings. The molecule has 4 heteroatoms. The Morgan fingerprint density at radius 1 is 0.409 bits per heavy atom. The van der Waals surface area contributed by atoms with Crippen molar-refractivity contribution in [1.29, 1.82) is 0 Å². The lowest BCUT2D eigenvalue weighted by molar-refractivity contribution is 0.339. The molecule has 0 spiro atoms. The van der Waals surface area contributed by atoms with Crippen LogP contribution in [0.15, 0.2) is 121 Å². The Hall–Kier alpha value is -4.12. The quantitative estimate of drug-likeness (QED) is 0.133. The molecule has 0 aliphatic heterocycles. The minimum absolute atomic E-state index is 0.742. The molecule has 0 heterocycles. The third-order valence-corrected chi connectivity index (χ3v) is 11.2. The highest BCUT2D eigenvalue weighted by atomic mass is 28.4. The second-order valence-electron chi connectivity index (χ2n) is 11.7. The number of rotatable bonds is 12. The molecule has 0 aromatic heterocycles. The number of hydrogen-bond donors (Lipinski definition) is 0. The molecule has 0 fully saturated rings. The van der Waals surface area contributed by atoms with Gasteiger partial charge in [0.05, 0.1) is 0 Å². The summed E-state index contributed by atoms with van der Waals surface area (Å²) in [6, 6.07) is 44.7. The van der Waals surface area contributed by atoms with E-state index in [0.29, 0.717) is 0 Å². The Balaban J connectivity index is 1.55. The van der Waals surface area contributed by atoms with Crippen LogP contribution >= 0.6 is 0 Å². The second kappa shape index (κ2) is 14.1. The van der Waals surface area contributed by atoms with Gasteiger partial charge in [0, 0.05) is 40.7 Å².